The van der Waals surface area contributed by atoms with E-state index in [0.717, 1.165) is 23.1 Å². The molecule has 2 heterocycles. The molecule has 0 fully saturated rings. The Morgan fingerprint density at radius 2 is 2.10 bits per heavy atom. The van der Waals surface area contributed by atoms with E-state index < -0.39 is 0 Å². The quantitative estimate of drug-likeness (QED) is 0.771. The molecule has 0 aliphatic carbocycles. The summed E-state index contributed by atoms with van der Waals surface area (Å²) < 4.78 is 0. The van der Waals surface area contributed by atoms with Gasteiger partial charge in [-0.05, 0) is 47.9 Å². The van der Waals surface area contributed by atoms with Crippen molar-refractivity contribution in [1.82, 2.24) is 9.97 Å². The van der Waals surface area contributed by atoms with Crippen molar-refractivity contribution in [3.05, 3.63) is 46.7 Å². The molecule has 2 aromatic heterocycles. The van der Waals surface area contributed by atoms with Crippen LogP contribution >= 0.6 is 11.3 Å². The average Bonchev–Trinajstić information content (AvgIpc) is 2.91. The van der Waals surface area contributed by atoms with Crippen LogP contribution in [0.25, 0.3) is 10.9 Å². The summed E-state index contributed by atoms with van der Waals surface area (Å²) in [5.41, 5.74) is 7.98. The maximum absolute atomic E-state index is 5.78. The molecule has 0 saturated heterocycles. The van der Waals surface area contributed by atoms with Gasteiger partial charge in [-0.25, -0.2) is 4.98 Å². The highest BCUT2D eigenvalue weighted by Crippen LogP contribution is 2.22. The standard InChI is InChI=1S/C15H16N4S/c1-10(8-11-6-7-20-9-11)17-14-12-4-2-3-5-13(12)18-15(16)19-14/h2-7,9-10H,8H2,1H3,(H3,16,17,18,19). The number of aromatic nitrogens is 2. The number of hydrogen-bond donors (Lipinski definition) is 2. The smallest absolute Gasteiger partial charge is 0.222 e. The maximum atomic E-state index is 5.78. The molecule has 1 aromatic carbocycles. The van der Waals surface area contributed by atoms with Gasteiger partial charge in [0.2, 0.25) is 5.95 Å². The van der Waals surface area contributed by atoms with Crippen molar-refractivity contribution in [2.45, 2.75) is 19.4 Å². The Hall–Kier alpha value is -2.14. The zero-order valence-electron chi connectivity index (χ0n) is 11.2. The predicted octanol–water partition coefficient (Wildman–Crippen LogP) is 3.32. The van der Waals surface area contributed by atoms with Crippen LogP contribution in [-0.4, -0.2) is 16.0 Å². The van der Waals surface area contributed by atoms with Crippen LogP contribution < -0.4 is 11.1 Å². The molecular weight excluding hydrogens is 268 g/mol. The lowest BCUT2D eigenvalue weighted by Gasteiger charge is -2.15. The molecule has 0 spiro atoms. The minimum absolute atomic E-state index is 0.280. The normalized spacial score (nSPS) is 12.4. The highest BCUT2D eigenvalue weighted by molar-refractivity contribution is 7.07. The zero-order valence-corrected chi connectivity index (χ0v) is 12.0. The number of rotatable bonds is 4. The zero-order chi connectivity index (χ0) is 13.9. The number of fused-ring (bicyclic) bond motifs is 1. The van der Waals surface area contributed by atoms with Crippen molar-refractivity contribution in [2.24, 2.45) is 0 Å². The summed E-state index contributed by atoms with van der Waals surface area (Å²) in [6.07, 6.45) is 0.960. The number of nitrogen functional groups attached to an aromatic ring is 1. The minimum Gasteiger partial charge on any atom is -0.368 e. The molecule has 102 valence electrons. The van der Waals surface area contributed by atoms with Crippen LogP contribution in [0, 0.1) is 0 Å². The van der Waals surface area contributed by atoms with E-state index in [2.05, 4.69) is 39.0 Å². The Morgan fingerprint density at radius 3 is 2.90 bits per heavy atom. The van der Waals surface area contributed by atoms with Crippen molar-refractivity contribution >= 4 is 34.0 Å². The Kier molecular flexibility index (Phi) is 3.52. The van der Waals surface area contributed by atoms with Crippen LogP contribution in [-0.2, 0) is 6.42 Å². The van der Waals surface area contributed by atoms with Gasteiger partial charge < -0.3 is 11.1 Å². The van der Waals surface area contributed by atoms with Crippen LogP contribution in [0.5, 0.6) is 0 Å². The number of thiophene rings is 1. The minimum atomic E-state index is 0.280. The summed E-state index contributed by atoms with van der Waals surface area (Å²) in [5, 5.41) is 8.71. The lowest BCUT2D eigenvalue weighted by atomic mass is 10.1. The summed E-state index contributed by atoms with van der Waals surface area (Å²) in [6.45, 7) is 2.14. The Balaban J connectivity index is 1.86. The molecule has 3 aromatic rings. The number of benzene rings is 1. The monoisotopic (exact) mass is 284 g/mol. The molecule has 3 N–H and O–H groups in total. The number of anilines is 2. The van der Waals surface area contributed by atoms with Crippen molar-refractivity contribution in [3.63, 3.8) is 0 Å². The molecule has 0 bridgehead atoms. The number of para-hydroxylation sites is 1. The van der Waals surface area contributed by atoms with Crippen molar-refractivity contribution in [3.8, 4) is 0 Å². The summed E-state index contributed by atoms with van der Waals surface area (Å²) in [6, 6.07) is 10.3. The van der Waals surface area contributed by atoms with Gasteiger partial charge in [0.1, 0.15) is 5.82 Å². The van der Waals surface area contributed by atoms with Gasteiger partial charge >= 0.3 is 0 Å². The highest BCUT2D eigenvalue weighted by atomic mass is 32.1. The van der Waals surface area contributed by atoms with Crippen LogP contribution in [0.2, 0.25) is 0 Å². The summed E-state index contributed by atoms with van der Waals surface area (Å²) in [4.78, 5) is 8.58. The van der Waals surface area contributed by atoms with Gasteiger partial charge in [0.15, 0.2) is 0 Å². The maximum Gasteiger partial charge on any atom is 0.222 e. The van der Waals surface area contributed by atoms with Crippen LogP contribution in [0.3, 0.4) is 0 Å². The van der Waals surface area contributed by atoms with Gasteiger partial charge in [0.05, 0.1) is 5.52 Å². The fourth-order valence-corrected chi connectivity index (χ4v) is 2.93. The lowest BCUT2D eigenvalue weighted by Crippen LogP contribution is -2.19. The van der Waals surface area contributed by atoms with Gasteiger partial charge in [-0.2, -0.15) is 16.3 Å². The molecule has 1 atom stereocenters. The first-order chi connectivity index (χ1) is 9.72. The number of nitrogens with one attached hydrogen (secondary N) is 1. The SMILES string of the molecule is CC(Cc1ccsc1)Nc1nc(N)nc2ccccc12. The third-order valence-electron chi connectivity index (χ3n) is 3.13. The van der Waals surface area contributed by atoms with Gasteiger partial charge in [0.25, 0.3) is 0 Å². The molecule has 4 nitrogen and oxygen atoms in total. The van der Waals surface area contributed by atoms with Crippen LogP contribution in [0.15, 0.2) is 41.1 Å². The number of hydrogen-bond acceptors (Lipinski definition) is 5. The first-order valence-electron chi connectivity index (χ1n) is 6.52. The number of nitrogens with zero attached hydrogens (tertiary/aromatic N) is 2. The van der Waals surface area contributed by atoms with Gasteiger partial charge in [-0.15, -0.1) is 0 Å². The van der Waals surface area contributed by atoms with Crippen molar-refractivity contribution < 1.29 is 0 Å². The first-order valence-corrected chi connectivity index (χ1v) is 7.46. The van der Waals surface area contributed by atoms with E-state index in [1.54, 1.807) is 11.3 Å². The largest absolute Gasteiger partial charge is 0.368 e. The predicted molar refractivity (Wildman–Crippen MR) is 85.1 cm³/mol. The van der Waals surface area contributed by atoms with E-state index in [9.17, 15) is 0 Å². The molecular formula is C15H16N4S. The van der Waals surface area contributed by atoms with Gasteiger partial charge in [-0.1, -0.05) is 12.1 Å². The molecule has 1 unspecified atom stereocenters. The van der Waals surface area contributed by atoms with Gasteiger partial charge in [0, 0.05) is 11.4 Å². The van der Waals surface area contributed by atoms with Gasteiger partial charge in [-0.3, -0.25) is 0 Å². The van der Waals surface area contributed by atoms with Crippen molar-refractivity contribution in [2.75, 3.05) is 11.1 Å². The highest BCUT2D eigenvalue weighted by Gasteiger charge is 2.09. The lowest BCUT2D eigenvalue weighted by molar-refractivity contribution is 0.788. The molecule has 0 radical (unpaired) electrons. The molecule has 0 amide bonds. The topological polar surface area (TPSA) is 63.8 Å². The Morgan fingerprint density at radius 1 is 1.25 bits per heavy atom. The third-order valence-corrected chi connectivity index (χ3v) is 3.86. The molecule has 0 saturated carbocycles. The fourth-order valence-electron chi connectivity index (χ4n) is 2.25. The van der Waals surface area contributed by atoms with E-state index >= 15 is 0 Å². The summed E-state index contributed by atoms with van der Waals surface area (Å²) in [5.74, 6) is 1.10. The summed E-state index contributed by atoms with van der Waals surface area (Å²) >= 11 is 1.72. The van der Waals surface area contributed by atoms with Crippen LogP contribution in [0.1, 0.15) is 12.5 Å². The molecule has 20 heavy (non-hydrogen) atoms. The number of nitrogens with two attached hydrogens (primary N) is 1. The Bertz CT molecular complexity index is 709. The van der Waals surface area contributed by atoms with E-state index in [1.807, 2.05) is 24.3 Å². The molecule has 5 heteroatoms. The van der Waals surface area contributed by atoms with E-state index in [0.29, 0.717) is 5.95 Å². The van der Waals surface area contributed by atoms with E-state index in [4.69, 9.17) is 5.73 Å². The molecule has 3 rings (SSSR count). The van der Waals surface area contributed by atoms with Crippen molar-refractivity contribution in [1.29, 1.82) is 0 Å². The second-order valence-corrected chi connectivity index (χ2v) is 5.61. The molecule has 0 aliphatic rings. The summed E-state index contributed by atoms with van der Waals surface area (Å²) in [7, 11) is 0. The first kappa shape index (κ1) is 12.9. The van der Waals surface area contributed by atoms with E-state index in [-0.39, 0.29) is 6.04 Å². The fraction of sp³-hybridized carbons (Fsp3) is 0.200. The Labute approximate surface area is 121 Å². The second kappa shape index (κ2) is 5.46. The third kappa shape index (κ3) is 2.72. The van der Waals surface area contributed by atoms with E-state index in [1.165, 1.54) is 5.56 Å². The second-order valence-electron chi connectivity index (χ2n) is 4.83. The molecule has 0 aliphatic heterocycles. The van der Waals surface area contributed by atoms with Crippen LogP contribution in [0.4, 0.5) is 11.8 Å². The average molecular weight is 284 g/mol.